The fourth-order valence-electron chi connectivity index (χ4n) is 3.35. The van der Waals surface area contributed by atoms with E-state index in [1.165, 1.54) is 38.9 Å². The number of hydrogen-bond acceptors (Lipinski definition) is 3. The van der Waals surface area contributed by atoms with Crippen molar-refractivity contribution in [1.82, 2.24) is 10.2 Å². The number of likely N-dealkylation sites (tertiary alicyclic amines) is 1. The number of nitrogens with one attached hydrogen (secondary N) is 1. The maximum Gasteiger partial charge on any atom is 0.0443 e. The standard InChI is InChI=1S/C16H34N2O/c1-5-8-18-12-14(11-16(2,3)4)10-15(13-18)17-7-6-9-19/h14-15,17,19H,5-13H2,1-4H3. The number of piperidine rings is 1. The van der Waals surface area contributed by atoms with Crippen LogP contribution in [0.5, 0.6) is 0 Å². The Balaban J connectivity index is 2.47. The van der Waals surface area contributed by atoms with Crippen molar-refractivity contribution in [3.05, 3.63) is 0 Å². The van der Waals surface area contributed by atoms with E-state index >= 15 is 0 Å². The van der Waals surface area contributed by atoms with Crippen LogP contribution >= 0.6 is 0 Å². The van der Waals surface area contributed by atoms with Gasteiger partial charge >= 0.3 is 0 Å². The van der Waals surface area contributed by atoms with Crippen molar-refractivity contribution in [2.75, 3.05) is 32.8 Å². The first kappa shape index (κ1) is 16.9. The first-order chi connectivity index (χ1) is 8.94. The van der Waals surface area contributed by atoms with Gasteiger partial charge in [0.05, 0.1) is 0 Å². The largest absolute Gasteiger partial charge is 0.396 e. The van der Waals surface area contributed by atoms with Gasteiger partial charge in [-0.1, -0.05) is 27.7 Å². The van der Waals surface area contributed by atoms with Crippen molar-refractivity contribution in [2.45, 2.75) is 59.4 Å². The van der Waals surface area contributed by atoms with Crippen LogP contribution in [0.2, 0.25) is 0 Å². The van der Waals surface area contributed by atoms with E-state index in [4.69, 9.17) is 5.11 Å². The summed E-state index contributed by atoms with van der Waals surface area (Å²) in [6, 6.07) is 0.610. The van der Waals surface area contributed by atoms with Crippen molar-refractivity contribution in [2.24, 2.45) is 11.3 Å². The monoisotopic (exact) mass is 270 g/mol. The molecule has 1 fully saturated rings. The van der Waals surface area contributed by atoms with Crippen LogP contribution in [0.4, 0.5) is 0 Å². The van der Waals surface area contributed by atoms with Crippen molar-refractivity contribution in [3.8, 4) is 0 Å². The highest BCUT2D eigenvalue weighted by Gasteiger charge is 2.29. The summed E-state index contributed by atoms with van der Waals surface area (Å²) in [4.78, 5) is 2.62. The fraction of sp³-hybridized carbons (Fsp3) is 1.00. The second kappa shape index (κ2) is 8.23. The van der Waals surface area contributed by atoms with Crippen LogP contribution in [-0.2, 0) is 0 Å². The molecule has 1 aliphatic rings. The van der Waals surface area contributed by atoms with Gasteiger partial charge in [-0.15, -0.1) is 0 Å². The molecule has 1 rings (SSSR count). The zero-order valence-corrected chi connectivity index (χ0v) is 13.4. The highest BCUT2D eigenvalue weighted by atomic mass is 16.3. The Morgan fingerprint density at radius 2 is 2.00 bits per heavy atom. The van der Waals surface area contributed by atoms with E-state index < -0.39 is 0 Å². The summed E-state index contributed by atoms with van der Waals surface area (Å²) in [7, 11) is 0. The van der Waals surface area contributed by atoms with Gasteiger partial charge in [-0.05, 0) is 50.1 Å². The molecule has 1 saturated heterocycles. The molecule has 0 bridgehead atoms. The van der Waals surface area contributed by atoms with Crippen LogP contribution in [0.1, 0.15) is 53.4 Å². The fourth-order valence-corrected chi connectivity index (χ4v) is 3.35. The van der Waals surface area contributed by atoms with E-state index in [0.29, 0.717) is 18.1 Å². The average molecular weight is 270 g/mol. The van der Waals surface area contributed by atoms with Gasteiger partial charge in [-0.25, -0.2) is 0 Å². The Morgan fingerprint density at radius 1 is 1.26 bits per heavy atom. The maximum absolute atomic E-state index is 8.89. The molecular weight excluding hydrogens is 236 g/mol. The molecule has 1 aliphatic heterocycles. The molecule has 114 valence electrons. The lowest BCUT2D eigenvalue weighted by molar-refractivity contribution is 0.113. The molecule has 3 heteroatoms. The van der Waals surface area contributed by atoms with Crippen molar-refractivity contribution < 1.29 is 5.11 Å². The molecular formula is C16H34N2O. The van der Waals surface area contributed by atoms with Gasteiger partial charge < -0.3 is 15.3 Å². The number of nitrogens with zero attached hydrogens (tertiary/aromatic N) is 1. The molecule has 0 aliphatic carbocycles. The number of aliphatic hydroxyl groups is 1. The van der Waals surface area contributed by atoms with Gasteiger partial charge in [0.2, 0.25) is 0 Å². The summed E-state index contributed by atoms with van der Waals surface area (Å²) in [6.45, 7) is 14.2. The molecule has 0 spiro atoms. The summed E-state index contributed by atoms with van der Waals surface area (Å²) >= 11 is 0. The molecule has 0 radical (unpaired) electrons. The first-order valence-electron chi connectivity index (χ1n) is 8.01. The predicted octanol–water partition coefficient (Wildman–Crippen LogP) is 2.50. The lowest BCUT2D eigenvalue weighted by Crippen LogP contribution is -2.50. The summed E-state index contributed by atoms with van der Waals surface area (Å²) in [5.41, 5.74) is 0.426. The van der Waals surface area contributed by atoms with E-state index in [1.807, 2.05) is 0 Å². The number of hydrogen-bond donors (Lipinski definition) is 2. The third kappa shape index (κ3) is 7.28. The van der Waals surface area contributed by atoms with Crippen LogP contribution in [0.15, 0.2) is 0 Å². The normalized spacial score (nSPS) is 25.7. The van der Waals surface area contributed by atoms with Gasteiger partial charge in [0.15, 0.2) is 0 Å². The van der Waals surface area contributed by atoms with E-state index in [9.17, 15) is 0 Å². The maximum atomic E-state index is 8.89. The predicted molar refractivity (Wildman–Crippen MR) is 82.4 cm³/mol. The lowest BCUT2D eigenvalue weighted by atomic mass is 9.80. The Kier molecular flexibility index (Phi) is 7.33. The smallest absolute Gasteiger partial charge is 0.0443 e. The quantitative estimate of drug-likeness (QED) is 0.698. The summed E-state index contributed by atoms with van der Waals surface area (Å²) in [5.74, 6) is 0.812. The van der Waals surface area contributed by atoms with Gasteiger partial charge in [-0.3, -0.25) is 0 Å². The molecule has 0 amide bonds. The SMILES string of the molecule is CCCN1CC(CC(C)(C)C)CC(NCCCO)C1. The molecule has 0 saturated carbocycles. The minimum atomic E-state index is 0.295. The van der Waals surface area contributed by atoms with E-state index in [0.717, 1.165) is 18.9 Å². The lowest BCUT2D eigenvalue weighted by Gasteiger charge is -2.40. The zero-order chi connectivity index (χ0) is 14.3. The van der Waals surface area contributed by atoms with E-state index in [2.05, 4.69) is 37.9 Å². The molecule has 2 atom stereocenters. The van der Waals surface area contributed by atoms with Crippen molar-refractivity contribution >= 4 is 0 Å². The summed E-state index contributed by atoms with van der Waals surface area (Å²) in [5, 5.41) is 12.5. The second-order valence-corrected chi connectivity index (χ2v) is 7.35. The second-order valence-electron chi connectivity index (χ2n) is 7.35. The molecule has 0 aromatic carbocycles. The minimum absolute atomic E-state index is 0.295. The van der Waals surface area contributed by atoms with E-state index in [1.54, 1.807) is 0 Å². The molecule has 0 aromatic heterocycles. The number of aliphatic hydroxyl groups excluding tert-OH is 1. The van der Waals surface area contributed by atoms with E-state index in [-0.39, 0.29) is 0 Å². The molecule has 0 aromatic rings. The van der Waals surface area contributed by atoms with Gasteiger partial charge in [0.1, 0.15) is 0 Å². The molecule has 19 heavy (non-hydrogen) atoms. The highest BCUT2D eigenvalue weighted by molar-refractivity contribution is 4.85. The van der Waals surface area contributed by atoms with Crippen LogP contribution in [0.25, 0.3) is 0 Å². The molecule has 2 N–H and O–H groups in total. The van der Waals surface area contributed by atoms with Gasteiger partial charge in [-0.2, -0.15) is 0 Å². The topological polar surface area (TPSA) is 35.5 Å². The van der Waals surface area contributed by atoms with Crippen LogP contribution in [-0.4, -0.2) is 48.8 Å². The molecule has 3 nitrogen and oxygen atoms in total. The third-order valence-electron chi connectivity index (χ3n) is 3.82. The Labute approximate surface area is 119 Å². The first-order valence-corrected chi connectivity index (χ1v) is 8.01. The Bertz CT molecular complexity index is 237. The van der Waals surface area contributed by atoms with Gasteiger partial charge in [0, 0.05) is 25.7 Å². The Morgan fingerprint density at radius 3 is 2.58 bits per heavy atom. The third-order valence-corrected chi connectivity index (χ3v) is 3.82. The van der Waals surface area contributed by atoms with Gasteiger partial charge in [0.25, 0.3) is 0 Å². The molecule has 2 unspecified atom stereocenters. The number of rotatable bonds is 7. The van der Waals surface area contributed by atoms with Crippen LogP contribution < -0.4 is 5.32 Å². The molecule has 1 heterocycles. The summed E-state index contributed by atoms with van der Waals surface area (Å²) in [6.07, 6.45) is 4.72. The van der Waals surface area contributed by atoms with Crippen LogP contribution in [0.3, 0.4) is 0 Å². The minimum Gasteiger partial charge on any atom is -0.396 e. The van der Waals surface area contributed by atoms with Crippen LogP contribution in [0, 0.1) is 11.3 Å². The average Bonchev–Trinajstić information content (AvgIpc) is 2.27. The van der Waals surface area contributed by atoms with Crippen molar-refractivity contribution in [1.29, 1.82) is 0 Å². The highest BCUT2D eigenvalue weighted by Crippen LogP contribution is 2.30. The zero-order valence-electron chi connectivity index (χ0n) is 13.4. The summed E-state index contributed by atoms with van der Waals surface area (Å²) < 4.78 is 0. The van der Waals surface area contributed by atoms with Crippen molar-refractivity contribution in [3.63, 3.8) is 0 Å². The Hall–Kier alpha value is -0.120.